The van der Waals surface area contributed by atoms with Crippen molar-refractivity contribution in [2.24, 2.45) is 17.2 Å². The van der Waals surface area contributed by atoms with Crippen LogP contribution in [-0.2, 0) is 0 Å². The second kappa shape index (κ2) is 5.17. The minimum absolute atomic E-state index is 0.00206. The molecule has 1 fully saturated rings. The lowest BCUT2D eigenvalue weighted by Crippen LogP contribution is -2.58. The Hall–Kier alpha value is -1.57. The summed E-state index contributed by atoms with van der Waals surface area (Å²) in [7, 11) is 0. The SMILES string of the molecule is NC(N)=C/C=C(\N)N1CCNCC1C(F)(F)F. The molecule has 0 aromatic carbocycles. The molecule has 1 aliphatic rings. The predicted molar refractivity (Wildman–Crippen MR) is 58.1 cm³/mol. The molecular formula is C9H16F3N5. The van der Waals surface area contributed by atoms with Crippen LogP contribution in [-0.4, -0.2) is 36.8 Å². The van der Waals surface area contributed by atoms with Gasteiger partial charge in [-0.3, -0.25) is 0 Å². The van der Waals surface area contributed by atoms with E-state index in [1.165, 1.54) is 12.2 Å². The third-order valence-corrected chi connectivity index (χ3v) is 2.40. The van der Waals surface area contributed by atoms with Crippen LogP contribution >= 0.6 is 0 Å². The third kappa shape index (κ3) is 3.74. The number of hydrogen-bond donors (Lipinski definition) is 4. The van der Waals surface area contributed by atoms with Crippen LogP contribution in [0, 0.1) is 0 Å². The van der Waals surface area contributed by atoms with Gasteiger partial charge in [0.05, 0.1) is 11.6 Å². The van der Waals surface area contributed by atoms with Crippen molar-refractivity contribution in [3.63, 3.8) is 0 Å². The molecule has 0 spiro atoms. The molecule has 5 nitrogen and oxygen atoms in total. The molecule has 0 amide bonds. The van der Waals surface area contributed by atoms with Gasteiger partial charge in [0.15, 0.2) is 0 Å². The Bertz CT molecular complexity index is 319. The van der Waals surface area contributed by atoms with Crippen molar-refractivity contribution in [3.8, 4) is 0 Å². The van der Waals surface area contributed by atoms with Gasteiger partial charge in [-0.15, -0.1) is 0 Å². The summed E-state index contributed by atoms with van der Waals surface area (Å²) < 4.78 is 38.2. The quantitative estimate of drug-likeness (QED) is 0.491. The minimum atomic E-state index is -4.33. The first kappa shape index (κ1) is 13.5. The number of piperazine rings is 1. The van der Waals surface area contributed by atoms with Crippen molar-refractivity contribution >= 4 is 0 Å². The zero-order valence-electron chi connectivity index (χ0n) is 9.17. The topological polar surface area (TPSA) is 93.3 Å². The van der Waals surface area contributed by atoms with Gasteiger partial charge in [-0.05, 0) is 12.2 Å². The fraction of sp³-hybridized carbons (Fsp3) is 0.556. The molecule has 0 aromatic heterocycles. The van der Waals surface area contributed by atoms with Gasteiger partial charge in [0.2, 0.25) is 0 Å². The maximum absolute atomic E-state index is 12.7. The second-order valence-corrected chi connectivity index (χ2v) is 3.71. The maximum atomic E-state index is 12.7. The highest BCUT2D eigenvalue weighted by Crippen LogP contribution is 2.27. The van der Waals surface area contributed by atoms with Gasteiger partial charge in [-0.1, -0.05) is 0 Å². The van der Waals surface area contributed by atoms with E-state index in [4.69, 9.17) is 17.2 Å². The molecule has 0 bridgehead atoms. The van der Waals surface area contributed by atoms with E-state index in [0.29, 0.717) is 6.54 Å². The normalized spacial score (nSPS) is 22.4. The third-order valence-electron chi connectivity index (χ3n) is 2.40. The van der Waals surface area contributed by atoms with E-state index < -0.39 is 12.2 Å². The first-order chi connectivity index (χ1) is 7.82. The zero-order valence-corrected chi connectivity index (χ0v) is 9.17. The van der Waals surface area contributed by atoms with Crippen LogP contribution in [0.1, 0.15) is 0 Å². The number of nitrogens with one attached hydrogen (secondary N) is 1. The molecule has 17 heavy (non-hydrogen) atoms. The molecule has 1 heterocycles. The fourth-order valence-corrected chi connectivity index (χ4v) is 1.58. The highest BCUT2D eigenvalue weighted by atomic mass is 19.4. The number of alkyl halides is 3. The van der Waals surface area contributed by atoms with E-state index in [1.54, 1.807) is 0 Å². The van der Waals surface area contributed by atoms with Crippen molar-refractivity contribution in [3.05, 3.63) is 23.8 Å². The molecule has 1 aliphatic heterocycles. The number of halogens is 3. The summed E-state index contributed by atoms with van der Waals surface area (Å²) in [4.78, 5) is 1.09. The van der Waals surface area contributed by atoms with Crippen molar-refractivity contribution < 1.29 is 13.2 Å². The summed E-state index contributed by atoms with van der Waals surface area (Å²) in [5, 5.41) is 2.68. The lowest BCUT2D eigenvalue weighted by Gasteiger charge is -2.38. The van der Waals surface area contributed by atoms with Gasteiger partial charge in [0, 0.05) is 19.6 Å². The Morgan fingerprint density at radius 3 is 2.41 bits per heavy atom. The summed E-state index contributed by atoms with van der Waals surface area (Å²) >= 11 is 0. The summed E-state index contributed by atoms with van der Waals surface area (Å²) in [6.45, 7) is 0.452. The van der Waals surface area contributed by atoms with E-state index >= 15 is 0 Å². The minimum Gasteiger partial charge on any atom is -0.386 e. The number of hydrogen-bond acceptors (Lipinski definition) is 5. The molecule has 0 saturated carbocycles. The standard InChI is InChI=1S/C9H16F3N5/c10-9(11,12)6-5-16-3-4-17(6)8(15)2-1-7(13)14/h1-2,6,16H,3-5,13-15H2/b8-2+. The Labute approximate surface area is 97.1 Å². The lowest BCUT2D eigenvalue weighted by molar-refractivity contribution is -0.181. The van der Waals surface area contributed by atoms with Crippen molar-refractivity contribution in [1.29, 1.82) is 0 Å². The largest absolute Gasteiger partial charge is 0.410 e. The van der Waals surface area contributed by atoms with E-state index in [9.17, 15) is 13.2 Å². The molecule has 0 aromatic rings. The average molecular weight is 251 g/mol. The van der Waals surface area contributed by atoms with Gasteiger partial charge in [0.25, 0.3) is 0 Å². The Morgan fingerprint density at radius 1 is 1.24 bits per heavy atom. The van der Waals surface area contributed by atoms with Crippen LogP contribution in [0.2, 0.25) is 0 Å². The molecule has 1 rings (SSSR count). The predicted octanol–water partition coefficient (Wildman–Crippen LogP) is -0.619. The Balaban J connectivity index is 2.85. The van der Waals surface area contributed by atoms with Crippen molar-refractivity contribution in [2.45, 2.75) is 12.2 Å². The average Bonchev–Trinajstić information content (AvgIpc) is 2.24. The molecule has 1 unspecified atom stereocenters. The van der Waals surface area contributed by atoms with E-state index in [2.05, 4.69) is 5.32 Å². The molecule has 1 atom stereocenters. The second-order valence-electron chi connectivity index (χ2n) is 3.71. The molecular weight excluding hydrogens is 235 g/mol. The summed E-state index contributed by atoms with van der Waals surface area (Å²) in [5.41, 5.74) is 15.9. The number of allylic oxidation sites excluding steroid dienone is 2. The van der Waals surface area contributed by atoms with Crippen LogP contribution in [0.4, 0.5) is 13.2 Å². The Morgan fingerprint density at radius 2 is 1.88 bits per heavy atom. The number of nitrogens with two attached hydrogens (primary N) is 3. The summed E-state index contributed by atoms with van der Waals surface area (Å²) in [6.07, 6.45) is -1.78. The van der Waals surface area contributed by atoms with Gasteiger partial charge in [-0.25, -0.2) is 0 Å². The number of nitrogens with zero attached hydrogens (tertiary/aromatic N) is 1. The van der Waals surface area contributed by atoms with Gasteiger partial charge in [0.1, 0.15) is 6.04 Å². The highest BCUT2D eigenvalue weighted by molar-refractivity contribution is 5.13. The monoisotopic (exact) mass is 251 g/mol. The first-order valence-electron chi connectivity index (χ1n) is 5.05. The molecule has 98 valence electrons. The fourth-order valence-electron chi connectivity index (χ4n) is 1.58. The van der Waals surface area contributed by atoms with Crippen molar-refractivity contribution in [1.82, 2.24) is 10.2 Å². The van der Waals surface area contributed by atoms with Crippen LogP contribution in [0.5, 0.6) is 0 Å². The van der Waals surface area contributed by atoms with Crippen LogP contribution < -0.4 is 22.5 Å². The summed E-state index contributed by atoms with van der Waals surface area (Å²) in [5.74, 6) is -0.00568. The smallest absolute Gasteiger partial charge is 0.386 e. The van der Waals surface area contributed by atoms with E-state index in [0.717, 1.165) is 4.90 Å². The van der Waals surface area contributed by atoms with Crippen molar-refractivity contribution in [2.75, 3.05) is 19.6 Å². The van der Waals surface area contributed by atoms with E-state index in [-0.39, 0.29) is 24.7 Å². The first-order valence-corrected chi connectivity index (χ1v) is 5.05. The van der Waals surface area contributed by atoms with Crippen LogP contribution in [0.15, 0.2) is 23.8 Å². The van der Waals surface area contributed by atoms with Crippen LogP contribution in [0.3, 0.4) is 0 Å². The zero-order chi connectivity index (χ0) is 13.1. The van der Waals surface area contributed by atoms with Gasteiger partial charge in [-0.2, -0.15) is 13.2 Å². The molecule has 1 saturated heterocycles. The maximum Gasteiger partial charge on any atom is 0.410 e. The molecule has 0 aliphatic carbocycles. The van der Waals surface area contributed by atoms with E-state index in [1.807, 2.05) is 0 Å². The summed E-state index contributed by atoms with van der Waals surface area (Å²) in [6, 6.07) is -1.63. The molecule has 7 N–H and O–H groups in total. The number of rotatable bonds is 2. The van der Waals surface area contributed by atoms with Crippen LogP contribution in [0.25, 0.3) is 0 Å². The van der Waals surface area contributed by atoms with Gasteiger partial charge < -0.3 is 27.4 Å². The molecule has 0 radical (unpaired) electrons. The van der Waals surface area contributed by atoms with Gasteiger partial charge >= 0.3 is 6.18 Å². The lowest BCUT2D eigenvalue weighted by atomic mass is 10.2. The Kier molecular flexibility index (Phi) is 4.11. The highest BCUT2D eigenvalue weighted by Gasteiger charge is 2.44. The molecule has 8 heteroatoms.